The summed E-state index contributed by atoms with van der Waals surface area (Å²) >= 11 is 0. The van der Waals surface area contributed by atoms with E-state index in [1.807, 2.05) is 0 Å². The lowest BCUT2D eigenvalue weighted by Crippen LogP contribution is -2.55. The number of rotatable bonds is 32. The molecule has 0 fully saturated rings. The standard InChI is InChI=1S/C41H69NO7/c1-6-8-10-12-14-16-18-19-20-22-24-26-28-30-32-40(44)49-37(35-47-34-33-38(41(45)46)42(3,4)5)36-48-39(43)31-29-27-25-23-21-17-15-13-11-9-7-2/h8,10,13-17,19-21,37-38H,6-7,9,11-12,18,22-36H2,1-5H3/b10-8+,15-13+,16-14+,20-19+,21-17+. The summed E-state index contributed by atoms with van der Waals surface area (Å²) in [5.41, 5.74) is 0. The van der Waals surface area contributed by atoms with Crippen molar-refractivity contribution in [3.63, 3.8) is 0 Å². The lowest BCUT2D eigenvalue weighted by molar-refractivity contribution is -0.889. The summed E-state index contributed by atoms with van der Waals surface area (Å²) in [7, 11) is 5.37. The first-order valence-electron chi connectivity index (χ1n) is 18.8. The number of aliphatic carboxylic acids is 1. The second-order valence-corrected chi connectivity index (χ2v) is 13.5. The molecule has 49 heavy (non-hydrogen) atoms. The zero-order valence-corrected chi connectivity index (χ0v) is 31.6. The van der Waals surface area contributed by atoms with Crippen molar-refractivity contribution in [3.05, 3.63) is 60.8 Å². The number of allylic oxidation sites excluding steroid dienone is 10. The molecule has 0 saturated carbocycles. The fraction of sp³-hybridized carbons (Fsp3) is 0.683. The van der Waals surface area contributed by atoms with Crippen LogP contribution in [0.15, 0.2) is 60.8 Å². The fourth-order valence-corrected chi connectivity index (χ4v) is 4.94. The van der Waals surface area contributed by atoms with Crippen LogP contribution in [0.2, 0.25) is 0 Å². The van der Waals surface area contributed by atoms with Crippen LogP contribution in [0, 0.1) is 0 Å². The molecule has 0 aromatic carbocycles. The van der Waals surface area contributed by atoms with E-state index in [4.69, 9.17) is 14.2 Å². The average molecular weight is 688 g/mol. The fourth-order valence-electron chi connectivity index (χ4n) is 4.94. The van der Waals surface area contributed by atoms with Crippen LogP contribution in [0.3, 0.4) is 0 Å². The van der Waals surface area contributed by atoms with Gasteiger partial charge in [-0.1, -0.05) is 107 Å². The van der Waals surface area contributed by atoms with Gasteiger partial charge >= 0.3 is 11.9 Å². The van der Waals surface area contributed by atoms with E-state index in [0.717, 1.165) is 83.5 Å². The van der Waals surface area contributed by atoms with Gasteiger partial charge in [0.25, 0.3) is 0 Å². The minimum atomic E-state index is -1.14. The third-order valence-corrected chi connectivity index (χ3v) is 7.92. The predicted molar refractivity (Wildman–Crippen MR) is 199 cm³/mol. The third kappa shape index (κ3) is 30.8. The number of carbonyl (C=O) groups excluding carboxylic acids is 3. The Kier molecular flexibility index (Phi) is 30.3. The van der Waals surface area contributed by atoms with Gasteiger partial charge in [-0.2, -0.15) is 0 Å². The van der Waals surface area contributed by atoms with E-state index in [-0.39, 0.29) is 49.1 Å². The van der Waals surface area contributed by atoms with Crippen molar-refractivity contribution >= 4 is 17.9 Å². The van der Waals surface area contributed by atoms with Gasteiger partial charge in [-0.05, 0) is 64.2 Å². The number of likely N-dealkylation sites (N-methyl/N-ethyl adjacent to an activating group) is 1. The topological polar surface area (TPSA) is 102 Å². The second kappa shape index (κ2) is 32.2. The molecule has 0 aliphatic heterocycles. The van der Waals surface area contributed by atoms with Crippen molar-refractivity contribution < 1.29 is 38.2 Å². The Bertz CT molecular complexity index is 990. The lowest BCUT2D eigenvalue weighted by atomic mass is 10.1. The zero-order valence-electron chi connectivity index (χ0n) is 31.6. The Morgan fingerprint density at radius 1 is 0.653 bits per heavy atom. The quantitative estimate of drug-likeness (QED) is 0.0231. The summed E-state index contributed by atoms with van der Waals surface area (Å²) in [6, 6.07) is -0.734. The second-order valence-electron chi connectivity index (χ2n) is 13.5. The van der Waals surface area contributed by atoms with Crippen molar-refractivity contribution in [1.29, 1.82) is 0 Å². The third-order valence-electron chi connectivity index (χ3n) is 7.92. The van der Waals surface area contributed by atoms with Gasteiger partial charge in [0.2, 0.25) is 0 Å². The van der Waals surface area contributed by atoms with Gasteiger partial charge in [0.05, 0.1) is 40.3 Å². The molecular formula is C41H69NO7. The highest BCUT2D eigenvalue weighted by atomic mass is 16.6. The minimum absolute atomic E-state index is 0.0200. The van der Waals surface area contributed by atoms with E-state index in [2.05, 4.69) is 74.6 Å². The molecule has 0 aromatic rings. The lowest BCUT2D eigenvalue weighted by Gasteiger charge is -2.34. The monoisotopic (exact) mass is 688 g/mol. The molecule has 2 unspecified atom stereocenters. The minimum Gasteiger partial charge on any atom is -0.544 e. The summed E-state index contributed by atoms with van der Waals surface area (Å²) < 4.78 is 17.0. The van der Waals surface area contributed by atoms with Crippen LogP contribution in [0.1, 0.15) is 129 Å². The van der Waals surface area contributed by atoms with E-state index in [1.165, 1.54) is 12.8 Å². The predicted octanol–water partition coefficient (Wildman–Crippen LogP) is 8.13. The molecule has 0 amide bonds. The maximum Gasteiger partial charge on any atom is 0.306 e. The number of hydrogen-bond donors (Lipinski definition) is 0. The Balaban J connectivity index is 4.53. The molecule has 8 heteroatoms. The molecule has 0 N–H and O–H groups in total. The molecule has 2 atom stereocenters. The molecule has 0 saturated heterocycles. The van der Waals surface area contributed by atoms with Crippen molar-refractivity contribution in [2.45, 2.75) is 142 Å². The van der Waals surface area contributed by atoms with Crippen LogP contribution in [-0.4, -0.2) is 75.5 Å². The van der Waals surface area contributed by atoms with Crippen molar-refractivity contribution in [2.75, 3.05) is 41.0 Å². The molecular weight excluding hydrogens is 618 g/mol. The number of esters is 2. The molecule has 280 valence electrons. The van der Waals surface area contributed by atoms with Crippen LogP contribution < -0.4 is 5.11 Å². The number of carboxylic acid groups (broad SMARTS) is 1. The van der Waals surface area contributed by atoms with Crippen LogP contribution in [0.5, 0.6) is 0 Å². The highest BCUT2D eigenvalue weighted by Crippen LogP contribution is 2.11. The number of quaternary nitrogens is 1. The number of carbonyl (C=O) groups is 3. The molecule has 0 spiro atoms. The first-order chi connectivity index (χ1) is 23.6. The van der Waals surface area contributed by atoms with E-state index in [1.54, 1.807) is 21.1 Å². The number of hydrogen-bond acceptors (Lipinski definition) is 7. The molecule has 0 heterocycles. The first kappa shape index (κ1) is 46.0. The van der Waals surface area contributed by atoms with Gasteiger partial charge < -0.3 is 28.6 Å². The Morgan fingerprint density at radius 2 is 1.20 bits per heavy atom. The van der Waals surface area contributed by atoms with Crippen LogP contribution >= 0.6 is 0 Å². The average Bonchev–Trinajstić information content (AvgIpc) is 3.05. The van der Waals surface area contributed by atoms with Gasteiger partial charge in [-0.3, -0.25) is 9.59 Å². The molecule has 0 aliphatic rings. The maximum absolute atomic E-state index is 12.6. The van der Waals surface area contributed by atoms with E-state index in [9.17, 15) is 19.5 Å². The number of nitrogens with zero attached hydrogens (tertiary/aromatic N) is 1. The number of ether oxygens (including phenoxy) is 3. The van der Waals surface area contributed by atoms with Crippen LogP contribution in [0.4, 0.5) is 0 Å². The highest BCUT2D eigenvalue weighted by molar-refractivity contribution is 5.70. The smallest absolute Gasteiger partial charge is 0.306 e. The van der Waals surface area contributed by atoms with E-state index >= 15 is 0 Å². The molecule has 0 aliphatic carbocycles. The van der Waals surface area contributed by atoms with Crippen molar-refractivity contribution in [3.8, 4) is 0 Å². The Hall–Kier alpha value is -2.97. The van der Waals surface area contributed by atoms with Crippen LogP contribution in [-0.2, 0) is 28.6 Å². The summed E-state index contributed by atoms with van der Waals surface area (Å²) in [6.45, 7) is 4.41. The molecule has 0 radical (unpaired) electrons. The van der Waals surface area contributed by atoms with Crippen LogP contribution in [0.25, 0.3) is 0 Å². The highest BCUT2D eigenvalue weighted by Gasteiger charge is 2.25. The summed E-state index contributed by atoms with van der Waals surface area (Å²) in [5.74, 6) is -1.81. The van der Waals surface area contributed by atoms with E-state index < -0.39 is 18.1 Å². The van der Waals surface area contributed by atoms with Gasteiger partial charge in [-0.25, -0.2) is 0 Å². The largest absolute Gasteiger partial charge is 0.544 e. The van der Waals surface area contributed by atoms with Crippen molar-refractivity contribution in [2.24, 2.45) is 0 Å². The first-order valence-corrected chi connectivity index (χ1v) is 18.8. The molecule has 8 nitrogen and oxygen atoms in total. The van der Waals surface area contributed by atoms with Crippen molar-refractivity contribution in [1.82, 2.24) is 0 Å². The summed E-state index contributed by atoms with van der Waals surface area (Å²) in [6.07, 6.45) is 36.8. The van der Waals surface area contributed by atoms with Gasteiger partial charge in [0.1, 0.15) is 12.6 Å². The van der Waals surface area contributed by atoms with E-state index in [0.29, 0.717) is 6.42 Å². The van der Waals surface area contributed by atoms with Gasteiger partial charge in [0.15, 0.2) is 6.10 Å². The number of unbranched alkanes of at least 4 members (excludes halogenated alkanes) is 9. The molecule has 0 rings (SSSR count). The maximum atomic E-state index is 12.6. The van der Waals surface area contributed by atoms with Gasteiger partial charge in [0, 0.05) is 19.3 Å². The van der Waals surface area contributed by atoms with Gasteiger partial charge in [-0.15, -0.1) is 0 Å². The SMILES string of the molecule is CC/C=C/C/C=C/C/C=C/CCCCCCC(=O)OC(COCCC(C(=O)[O-])[N+](C)(C)C)COC(=O)CCCCC/C=C/C=C/CCCC. The number of carboxylic acids is 1. The Morgan fingerprint density at radius 3 is 1.82 bits per heavy atom. The molecule has 0 bridgehead atoms. The molecule has 0 aromatic heterocycles. The normalized spacial score (nSPS) is 13.7. The Labute approximate surface area is 298 Å². The summed E-state index contributed by atoms with van der Waals surface area (Å²) in [5, 5.41) is 11.6. The summed E-state index contributed by atoms with van der Waals surface area (Å²) in [4.78, 5) is 36.6. The zero-order chi connectivity index (χ0) is 36.4.